The molecule has 0 aliphatic rings. The van der Waals surface area contributed by atoms with E-state index in [1.807, 2.05) is 31.7 Å². The highest BCUT2D eigenvalue weighted by Gasteiger charge is 2.24. The monoisotopic (exact) mass is 169 g/mol. The molecule has 0 spiro atoms. The van der Waals surface area contributed by atoms with Gasteiger partial charge >= 0.3 is 0 Å². The number of aryl methyl sites for hydroxylation is 1. The number of hydrogen-bond donors (Lipinski definition) is 1. The summed E-state index contributed by atoms with van der Waals surface area (Å²) in [7, 11) is 1.96. The van der Waals surface area contributed by atoms with Crippen LogP contribution in [0.3, 0.4) is 0 Å². The van der Waals surface area contributed by atoms with Crippen LogP contribution in [0.5, 0.6) is 0 Å². The summed E-state index contributed by atoms with van der Waals surface area (Å²) >= 11 is 0. The van der Waals surface area contributed by atoms with E-state index >= 15 is 0 Å². The van der Waals surface area contributed by atoms with Crippen molar-refractivity contribution in [3.05, 3.63) is 18.2 Å². The van der Waals surface area contributed by atoms with Crippen molar-refractivity contribution < 1.29 is 4.84 Å². The summed E-state index contributed by atoms with van der Waals surface area (Å²) in [6.45, 7) is 4.56. The van der Waals surface area contributed by atoms with Gasteiger partial charge in [-0.05, 0) is 0 Å². The van der Waals surface area contributed by atoms with Crippen LogP contribution >= 0.6 is 0 Å². The van der Waals surface area contributed by atoms with Crippen LogP contribution in [0.1, 0.15) is 19.7 Å². The maximum absolute atomic E-state index is 5.03. The van der Waals surface area contributed by atoms with Crippen LogP contribution in [0.15, 0.2) is 12.4 Å². The zero-order chi connectivity index (χ0) is 9.19. The van der Waals surface area contributed by atoms with E-state index in [4.69, 9.17) is 5.90 Å². The number of imidazole rings is 1. The van der Waals surface area contributed by atoms with Crippen LogP contribution in [0.2, 0.25) is 0 Å². The van der Waals surface area contributed by atoms with Gasteiger partial charge in [0.15, 0.2) is 0 Å². The van der Waals surface area contributed by atoms with Gasteiger partial charge in [-0.2, -0.15) is 0 Å². The van der Waals surface area contributed by atoms with Gasteiger partial charge in [0, 0.05) is 24.9 Å². The fourth-order valence-corrected chi connectivity index (χ4v) is 1.29. The molecule has 1 heterocycles. The Morgan fingerprint density at radius 3 is 2.75 bits per heavy atom. The Labute approximate surface area is 72.3 Å². The topological polar surface area (TPSA) is 53.1 Å². The Kier molecular flexibility index (Phi) is 2.49. The first-order valence-electron chi connectivity index (χ1n) is 3.87. The second-order valence-electron chi connectivity index (χ2n) is 3.56. The van der Waals surface area contributed by atoms with E-state index in [0.717, 1.165) is 5.82 Å². The molecule has 4 heteroatoms. The van der Waals surface area contributed by atoms with Gasteiger partial charge in [0.2, 0.25) is 0 Å². The summed E-state index contributed by atoms with van der Waals surface area (Å²) in [5.74, 6) is 6.01. The van der Waals surface area contributed by atoms with E-state index in [1.165, 1.54) is 0 Å². The molecular formula is C8H15N3O. The second kappa shape index (κ2) is 3.25. The molecule has 1 rings (SSSR count). The molecule has 1 aromatic heterocycles. The summed E-state index contributed by atoms with van der Waals surface area (Å²) < 4.78 is 1.97. The number of rotatable bonds is 3. The standard InChI is InChI=1S/C8H15N3O/c1-8(2,6-12-9)7-10-4-5-11(7)3/h4-5H,6,9H2,1-3H3. The molecule has 0 radical (unpaired) electrons. The van der Waals surface area contributed by atoms with Gasteiger partial charge in [-0.3, -0.25) is 0 Å². The molecule has 0 amide bonds. The molecule has 0 aliphatic carbocycles. The van der Waals surface area contributed by atoms with Gasteiger partial charge in [-0.1, -0.05) is 13.8 Å². The Morgan fingerprint density at radius 2 is 2.33 bits per heavy atom. The van der Waals surface area contributed by atoms with Crippen LogP contribution in [0.25, 0.3) is 0 Å². The Bertz CT molecular complexity index is 255. The molecule has 68 valence electrons. The van der Waals surface area contributed by atoms with Crippen LogP contribution in [0.4, 0.5) is 0 Å². The lowest BCUT2D eigenvalue weighted by atomic mass is 9.94. The van der Waals surface area contributed by atoms with Crippen molar-refractivity contribution in [2.45, 2.75) is 19.3 Å². The average Bonchev–Trinajstić information content (AvgIpc) is 2.35. The normalized spacial score (nSPS) is 12.0. The van der Waals surface area contributed by atoms with Crippen molar-refractivity contribution in [2.75, 3.05) is 6.61 Å². The Balaban J connectivity index is 2.88. The third-order valence-corrected chi connectivity index (χ3v) is 1.87. The molecule has 0 aliphatic heterocycles. The molecule has 0 aromatic carbocycles. The molecular weight excluding hydrogens is 154 g/mol. The smallest absolute Gasteiger partial charge is 0.116 e. The molecule has 0 fully saturated rings. The first-order chi connectivity index (χ1) is 5.58. The quantitative estimate of drug-likeness (QED) is 0.674. The zero-order valence-electron chi connectivity index (χ0n) is 7.74. The van der Waals surface area contributed by atoms with Gasteiger partial charge < -0.3 is 9.40 Å². The van der Waals surface area contributed by atoms with Crippen LogP contribution in [0, 0.1) is 0 Å². The average molecular weight is 169 g/mol. The summed E-state index contributed by atoms with van der Waals surface area (Å²) in [6.07, 6.45) is 3.68. The van der Waals surface area contributed by atoms with Crippen molar-refractivity contribution >= 4 is 0 Å². The lowest BCUT2D eigenvalue weighted by Crippen LogP contribution is -2.29. The summed E-state index contributed by atoms with van der Waals surface area (Å²) in [6, 6.07) is 0. The van der Waals surface area contributed by atoms with E-state index in [9.17, 15) is 0 Å². The van der Waals surface area contributed by atoms with Gasteiger partial charge in [0.25, 0.3) is 0 Å². The van der Waals surface area contributed by atoms with Crippen molar-refractivity contribution in [3.8, 4) is 0 Å². The number of aromatic nitrogens is 2. The van der Waals surface area contributed by atoms with E-state index in [0.29, 0.717) is 6.61 Å². The summed E-state index contributed by atoms with van der Waals surface area (Å²) in [5.41, 5.74) is -0.132. The Morgan fingerprint density at radius 1 is 1.67 bits per heavy atom. The number of nitrogens with zero attached hydrogens (tertiary/aromatic N) is 2. The van der Waals surface area contributed by atoms with E-state index in [-0.39, 0.29) is 5.41 Å². The molecule has 0 bridgehead atoms. The van der Waals surface area contributed by atoms with Gasteiger partial charge in [0.1, 0.15) is 5.82 Å². The first kappa shape index (κ1) is 9.22. The third-order valence-electron chi connectivity index (χ3n) is 1.87. The molecule has 2 N–H and O–H groups in total. The summed E-state index contributed by atoms with van der Waals surface area (Å²) in [4.78, 5) is 8.87. The minimum absolute atomic E-state index is 0.132. The molecule has 1 aromatic rings. The van der Waals surface area contributed by atoms with Crippen molar-refractivity contribution in [1.82, 2.24) is 9.55 Å². The lowest BCUT2D eigenvalue weighted by molar-refractivity contribution is 0.0922. The molecule has 0 saturated carbocycles. The fourth-order valence-electron chi connectivity index (χ4n) is 1.29. The minimum atomic E-state index is -0.132. The van der Waals surface area contributed by atoms with Crippen molar-refractivity contribution in [2.24, 2.45) is 12.9 Å². The SMILES string of the molecule is Cn1ccnc1C(C)(C)CON. The fraction of sp³-hybridized carbons (Fsp3) is 0.625. The van der Waals surface area contributed by atoms with E-state index < -0.39 is 0 Å². The molecule has 12 heavy (non-hydrogen) atoms. The van der Waals surface area contributed by atoms with Gasteiger partial charge in [-0.25, -0.2) is 10.9 Å². The van der Waals surface area contributed by atoms with Crippen molar-refractivity contribution in [3.63, 3.8) is 0 Å². The van der Waals surface area contributed by atoms with Gasteiger partial charge in [-0.15, -0.1) is 0 Å². The molecule has 0 atom stereocenters. The number of hydrogen-bond acceptors (Lipinski definition) is 3. The largest absolute Gasteiger partial charge is 0.337 e. The molecule has 0 saturated heterocycles. The highest BCUT2D eigenvalue weighted by atomic mass is 16.6. The van der Waals surface area contributed by atoms with E-state index in [1.54, 1.807) is 6.20 Å². The maximum Gasteiger partial charge on any atom is 0.116 e. The van der Waals surface area contributed by atoms with Crippen molar-refractivity contribution in [1.29, 1.82) is 0 Å². The number of nitrogens with two attached hydrogens (primary N) is 1. The van der Waals surface area contributed by atoms with Crippen LogP contribution in [-0.4, -0.2) is 16.2 Å². The maximum atomic E-state index is 5.03. The molecule has 0 unspecified atom stereocenters. The van der Waals surface area contributed by atoms with Crippen LogP contribution < -0.4 is 5.90 Å². The lowest BCUT2D eigenvalue weighted by Gasteiger charge is -2.22. The zero-order valence-corrected chi connectivity index (χ0v) is 7.74. The van der Waals surface area contributed by atoms with Gasteiger partial charge in [0.05, 0.1) is 6.61 Å². The Hall–Kier alpha value is -0.870. The first-order valence-corrected chi connectivity index (χ1v) is 3.87. The summed E-state index contributed by atoms with van der Waals surface area (Å²) in [5, 5.41) is 0. The highest BCUT2D eigenvalue weighted by molar-refractivity contribution is 5.06. The third kappa shape index (κ3) is 1.65. The predicted octanol–water partition coefficient (Wildman–Crippen LogP) is 0.588. The minimum Gasteiger partial charge on any atom is -0.337 e. The van der Waals surface area contributed by atoms with E-state index in [2.05, 4.69) is 9.82 Å². The van der Waals surface area contributed by atoms with Crippen LogP contribution in [-0.2, 0) is 17.3 Å². The second-order valence-corrected chi connectivity index (χ2v) is 3.56. The molecule has 4 nitrogen and oxygen atoms in total. The predicted molar refractivity (Wildman–Crippen MR) is 46.4 cm³/mol. The highest BCUT2D eigenvalue weighted by Crippen LogP contribution is 2.20.